The Kier molecular flexibility index (Phi) is 4.19. The van der Waals surface area contributed by atoms with Gasteiger partial charge in [0.2, 0.25) is 0 Å². The lowest BCUT2D eigenvalue weighted by molar-refractivity contribution is 0.315. The molecule has 0 aromatic rings. The number of nitrogens with zero attached hydrogens (tertiary/aromatic N) is 1. The van der Waals surface area contributed by atoms with Crippen molar-refractivity contribution in [1.29, 1.82) is 0 Å². The Morgan fingerprint density at radius 3 is 1.82 bits per heavy atom. The Balaban J connectivity index is 0.000000461. The standard InChI is InChI=1S/C7H14N2.C2H6/c1-5-6(2)8-9(4)7(5)3;1-2/h6,8H,1-4H3;1-2H3. The van der Waals surface area contributed by atoms with Gasteiger partial charge in [0, 0.05) is 18.8 Å². The average molecular weight is 156 g/mol. The fraction of sp³-hybridized carbons (Fsp3) is 0.778. The third kappa shape index (κ3) is 2.22. The van der Waals surface area contributed by atoms with Crippen LogP contribution in [0.4, 0.5) is 0 Å². The molecule has 0 aromatic carbocycles. The van der Waals surface area contributed by atoms with Gasteiger partial charge in [-0.05, 0) is 26.3 Å². The first-order chi connectivity index (χ1) is 5.13. The smallest absolute Gasteiger partial charge is 0.0461 e. The van der Waals surface area contributed by atoms with Crippen LogP contribution in [0.2, 0.25) is 0 Å². The molecule has 1 aliphatic rings. The first kappa shape index (κ1) is 10.5. The Hall–Kier alpha value is -0.500. The van der Waals surface area contributed by atoms with Crippen molar-refractivity contribution >= 4 is 0 Å². The molecule has 2 nitrogen and oxygen atoms in total. The second-order valence-corrected chi connectivity index (χ2v) is 2.68. The molecule has 0 saturated carbocycles. The lowest BCUT2D eigenvalue weighted by Crippen LogP contribution is -2.32. The SMILES string of the molecule is CC.CC1=C(C)N(C)NC1C. The van der Waals surface area contributed by atoms with E-state index in [-0.39, 0.29) is 0 Å². The van der Waals surface area contributed by atoms with Crippen LogP contribution in [0, 0.1) is 0 Å². The highest BCUT2D eigenvalue weighted by Crippen LogP contribution is 2.16. The minimum atomic E-state index is 0.523. The van der Waals surface area contributed by atoms with Crippen molar-refractivity contribution < 1.29 is 0 Å². The van der Waals surface area contributed by atoms with Gasteiger partial charge in [-0.25, -0.2) is 5.43 Å². The number of allylic oxidation sites excluding steroid dienone is 1. The maximum Gasteiger partial charge on any atom is 0.0461 e. The van der Waals surface area contributed by atoms with Gasteiger partial charge in [0.15, 0.2) is 0 Å². The molecular weight excluding hydrogens is 136 g/mol. The number of rotatable bonds is 0. The van der Waals surface area contributed by atoms with Gasteiger partial charge in [0.25, 0.3) is 0 Å². The molecular formula is C9H20N2. The molecule has 0 spiro atoms. The molecule has 1 unspecified atom stereocenters. The third-order valence-corrected chi connectivity index (χ3v) is 2.11. The molecule has 1 atom stereocenters. The summed E-state index contributed by atoms with van der Waals surface area (Å²) in [5.41, 5.74) is 6.07. The fourth-order valence-corrected chi connectivity index (χ4v) is 1.06. The molecule has 0 aromatic heterocycles. The third-order valence-electron chi connectivity index (χ3n) is 2.11. The van der Waals surface area contributed by atoms with Crippen molar-refractivity contribution in [1.82, 2.24) is 10.4 Å². The summed E-state index contributed by atoms with van der Waals surface area (Å²) in [6.45, 7) is 10.5. The second kappa shape index (κ2) is 4.39. The normalized spacial score (nSPS) is 23.5. The van der Waals surface area contributed by atoms with E-state index < -0.39 is 0 Å². The van der Waals surface area contributed by atoms with Crippen LogP contribution >= 0.6 is 0 Å². The highest BCUT2D eigenvalue weighted by molar-refractivity contribution is 5.18. The molecule has 0 fully saturated rings. The quantitative estimate of drug-likeness (QED) is 0.578. The summed E-state index contributed by atoms with van der Waals surface area (Å²) >= 11 is 0. The van der Waals surface area contributed by atoms with E-state index >= 15 is 0 Å². The number of nitrogens with one attached hydrogen (secondary N) is 1. The van der Waals surface area contributed by atoms with Gasteiger partial charge < -0.3 is 5.01 Å². The van der Waals surface area contributed by atoms with E-state index in [1.165, 1.54) is 11.3 Å². The van der Waals surface area contributed by atoms with Crippen LogP contribution < -0.4 is 5.43 Å². The van der Waals surface area contributed by atoms with Gasteiger partial charge in [0.1, 0.15) is 0 Å². The summed E-state index contributed by atoms with van der Waals surface area (Å²) in [7, 11) is 2.04. The minimum Gasteiger partial charge on any atom is -0.315 e. The second-order valence-electron chi connectivity index (χ2n) is 2.68. The van der Waals surface area contributed by atoms with Crippen molar-refractivity contribution in [2.75, 3.05) is 7.05 Å². The summed E-state index contributed by atoms with van der Waals surface area (Å²) in [5.74, 6) is 0. The van der Waals surface area contributed by atoms with Crippen LogP contribution in [0.15, 0.2) is 11.3 Å². The highest BCUT2D eigenvalue weighted by atomic mass is 15.5. The molecule has 2 heteroatoms. The predicted molar refractivity (Wildman–Crippen MR) is 50.1 cm³/mol. The van der Waals surface area contributed by atoms with Crippen LogP contribution in [-0.4, -0.2) is 18.1 Å². The van der Waals surface area contributed by atoms with Gasteiger partial charge in [-0.1, -0.05) is 13.8 Å². The van der Waals surface area contributed by atoms with Gasteiger partial charge in [-0.15, -0.1) is 0 Å². The lowest BCUT2D eigenvalue weighted by Gasteiger charge is -2.13. The van der Waals surface area contributed by atoms with Crippen molar-refractivity contribution in [3.05, 3.63) is 11.3 Å². The van der Waals surface area contributed by atoms with Gasteiger partial charge in [-0.2, -0.15) is 0 Å². The summed E-state index contributed by atoms with van der Waals surface area (Å²) in [5, 5.41) is 2.07. The highest BCUT2D eigenvalue weighted by Gasteiger charge is 2.17. The largest absolute Gasteiger partial charge is 0.315 e. The Labute approximate surface area is 70.2 Å². The van der Waals surface area contributed by atoms with Crippen LogP contribution in [0.1, 0.15) is 34.6 Å². The van der Waals surface area contributed by atoms with Crippen molar-refractivity contribution in [3.8, 4) is 0 Å². The molecule has 1 heterocycles. The van der Waals surface area contributed by atoms with Crippen LogP contribution in [0.5, 0.6) is 0 Å². The van der Waals surface area contributed by atoms with Gasteiger partial charge in [-0.3, -0.25) is 0 Å². The average Bonchev–Trinajstić information content (AvgIpc) is 2.22. The van der Waals surface area contributed by atoms with Crippen LogP contribution in [-0.2, 0) is 0 Å². The van der Waals surface area contributed by atoms with Crippen LogP contribution in [0.3, 0.4) is 0 Å². The van der Waals surface area contributed by atoms with Crippen molar-refractivity contribution in [2.24, 2.45) is 0 Å². The summed E-state index contributed by atoms with van der Waals surface area (Å²) in [4.78, 5) is 0. The zero-order chi connectivity index (χ0) is 9.02. The fourth-order valence-electron chi connectivity index (χ4n) is 1.06. The Bertz CT molecular complexity index is 134. The first-order valence-electron chi connectivity index (χ1n) is 4.30. The number of hydrogen-bond acceptors (Lipinski definition) is 2. The van der Waals surface area contributed by atoms with E-state index in [4.69, 9.17) is 0 Å². The Morgan fingerprint density at radius 2 is 1.73 bits per heavy atom. The molecule has 1 N–H and O–H groups in total. The maximum absolute atomic E-state index is 3.28. The number of hydrogen-bond donors (Lipinski definition) is 1. The summed E-state index contributed by atoms with van der Waals surface area (Å²) < 4.78 is 0. The molecule has 0 saturated heterocycles. The molecule has 66 valence electrons. The molecule has 1 aliphatic heterocycles. The monoisotopic (exact) mass is 156 g/mol. The maximum atomic E-state index is 3.28. The zero-order valence-corrected chi connectivity index (χ0v) is 8.52. The summed E-state index contributed by atoms with van der Waals surface area (Å²) in [6.07, 6.45) is 0. The van der Waals surface area contributed by atoms with E-state index in [0.717, 1.165) is 0 Å². The molecule has 1 rings (SSSR count). The summed E-state index contributed by atoms with van der Waals surface area (Å²) in [6, 6.07) is 0.523. The zero-order valence-electron chi connectivity index (χ0n) is 8.52. The number of hydrazine groups is 1. The van der Waals surface area contributed by atoms with Crippen molar-refractivity contribution in [3.63, 3.8) is 0 Å². The Morgan fingerprint density at radius 1 is 1.27 bits per heavy atom. The van der Waals surface area contributed by atoms with E-state index in [1.54, 1.807) is 0 Å². The molecule has 0 radical (unpaired) electrons. The predicted octanol–water partition coefficient (Wildman–Crippen LogP) is 2.14. The minimum absolute atomic E-state index is 0.523. The van der Waals surface area contributed by atoms with E-state index in [9.17, 15) is 0 Å². The van der Waals surface area contributed by atoms with Gasteiger partial charge in [0.05, 0.1) is 0 Å². The van der Waals surface area contributed by atoms with E-state index in [0.29, 0.717) is 6.04 Å². The topological polar surface area (TPSA) is 15.3 Å². The van der Waals surface area contributed by atoms with Crippen LogP contribution in [0.25, 0.3) is 0 Å². The molecule has 0 amide bonds. The van der Waals surface area contributed by atoms with Gasteiger partial charge >= 0.3 is 0 Å². The van der Waals surface area contributed by atoms with E-state index in [2.05, 4.69) is 31.2 Å². The van der Waals surface area contributed by atoms with Crippen molar-refractivity contribution in [2.45, 2.75) is 40.7 Å². The first-order valence-corrected chi connectivity index (χ1v) is 4.30. The lowest BCUT2D eigenvalue weighted by atomic mass is 10.1. The molecule has 0 bridgehead atoms. The molecule has 11 heavy (non-hydrogen) atoms. The van der Waals surface area contributed by atoms with E-state index in [1.807, 2.05) is 20.9 Å². The molecule has 0 aliphatic carbocycles.